The average Bonchev–Trinajstić information content (AvgIpc) is 3.30. The van der Waals surface area contributed by atoms with Crippen LogP contribution in [0.5, 0.6) is 5.75 Å². The Morgan fingerprint density at radius 1 is 0.973 bits per heavy atom. The smallest absolute Gasteiger partial charge is 0.172 e. The molecule has 0 aliphatic carbocycles. The first-order valence-electron chi connectivity index (χ1n) is 12.8. The van der Waals surface area contributed by atoms with Crippen molar-refractivity contribution in [1.82, 2.24) is 4.90 Å². The van der Waals surface area contributed by atoms with E-state index in [1.807, 2.05) is 50.4 Å². The molecule has 2 atom stereocenters. The topological polar surface area (TPSA) is 46.6 Å². The number of hydrogen-bond acceptors (Lipinski definition) is 5. The standard InChI is InChI=1S/C32H37NO3S/c1-21-16-26(17-22(2)31(21)36-32(4,5)23(3)34)28-19-33(18-24-10-8-7-9-11-24)20-29(28)30(35)25-12-14-27(37-6)15-13-25/h7-17,28-29H,18-20H2,1-6H3/t28-,29+/m0/s1. The van der Waals surface area contributed by atoms with Crippen molar-refractivity contribution in [2.24, 2.45) is 5.92 Å². The Hall–Kier alpha value is -2.89. The number of hydrogen-bond donors (Lipinski definition) is 0. The van der Waals surface area contributed by atoms with E-state index in [1.54, 1.807) is 32.5 Å². The van der Waals surface area contributed by atoms with Crippen molar-refractivity contribution in [3.05, 3.63) is 94.5 Å². The first kappa shape index (κ1) is 27.2. The summed E-state index contributed by atoms with van der Waals surface area (Å²) in [6, 6.07) is 22.7. The van der Waals surface area contributed by atoms with Crippen molar-refractivity contribution in [3.63, 3.8) is 0 Å². The van der Waals surface area contributed by atoms with Crippen LogP contribution in [0.3, 0.4) is 0 Å². The average molecular weight is 516 g/mol. The van der Waals surface area contributed by atoms with E-state index in [9.17, 15) is 9.59 Å². The number of Topliss-reactive ketones (excluding diaryl/α,β-unsaturated/α-hetero) is 2. The van der Waals surface area contributed by atoms with E-state index in [-0.39, 0.29) is 23.4 Å². The van der Waals surface area contributed by atoms with E-state index in [4.69, 9.17) is 4.74 Å². The summed E-state index contributed by atoms with van der Waals surface area (Å²) in [5, 5.41) is 0. The van der Waals surface area contributed by atoms with Gasteiger partial charge in [-0.15, -0.1) is 11.8 Å². The molecular formula is C32H37NO3S. The third-order valence-corrected chi connectivity index (χ3v) is 8.22. The highest BCUT2D eigenvalue weighted by Gasteiger charge is 2.39. The van der Waals surface area contributed by atoms with Crippen LogP contribution in [0.15, 0.2) is 71.6 Å². The lowest BCUT2D eigenvalue weighted by Crippen LogP contribution is -2.36. The Labute approximate surface area is 225 Å². The summed E-state index contributed by atoms with van der Waals surface area (Å²) in [7, 11) is 0. The molecule has 0 aromatic heterocycles. The first-order chi connectivity index (χ1) is 17.6. The van der Waals surface area contributed by atoms with Crippen LogP contribution in [0.25, 0.3) is 0 Å². The number of thioether (sulfide) groups is 1. The molecule has 1 fully saturated rings. The molecule has 1 aliphatic rings. The van der Waals surface area contributed by atoms with Gasteiger partial charge in [0.2, 0.25) is 0 Å². The summed E-state index contributed by atoms with van der Waals surface area (Å²) in [6.45, 7) is 11.6. The highest BCUT2D eigenvalue weighted by atomic mass is 32.2. The quantitative estimate of drug-likeness (QED) is 0.230. The second-order valence-corrected chi connectivity index (χ2v) is 11.5. The van der Waals surface area contributed by atoms with Crippen LogP contribution in [0, 0.1) is 19.8 Å². The lowest BCUT2D eigenvalue weighted by molar-refractivity contribution is -0.129. The minimum absolute atomic E-state index is 0.0131. The second-order valence-electron chi connectivity index (χ2n) is 10.6. The fraction of sp³-hybridized carbons (Fsp3) is 0.375. The second kappa shape index (κ2) is 11.2. The lowest BCUT2D eigenvalue weighted by Gasteiger charge is -2.27. The Balaban J connectivity index is 1.66. The summed E-state index contributed by atoms with van der Waals surface area (Å²) in [5.41, 5.74) is 4.26. The maximum absolute atomic E-state index is 13.8. The number of ketones is 2. The summed E-state index contributed by atoms with van der Waals surface area (Å²) in [6.07, 6.45) is 2.04. The zero-order valence-electron chi connectivity index (χ0n) is 22.7. The van der Waals surface area contributed by atoms with Gasteiger partial charge in [-0.25, -0.2) is 0 Å². The predicted octanol–water partition coefficient (Wildman–Crippen LogP) is 6.87. The Bertz CT molecular complexity index is 1240. The molecule has 1 saturated heterocycles. The number of rotatable bonds is 9. The van der Waals surface area contributed by atoms with Gasteiger partial charge in [0, 0.05) is 41.9 Å². The zero-order valence-corrected chi connectivity index (χ0v) is 23.5. The minimum atomic E-state index is -0.891. The molecule has 0 saturated carbocycles. The van der Waals surface area contributed by atoms with Gasteiger partial charge in [-0.1, -0.05) is 54.6 Å². The van der Waals surface area contributed by atoms with Crippen LogP contribution < -0.4 is 4.74 Å². The van der Waals surface area contributed by atoms with Crippen LogP contribution in [-0.2, 0) is 11.3 Å². The number of aryl methyl sites for hydroxylation is 2. The van der Waals surface area contributed by atoms with Crippen molar-refractivity contribution in [2.75, 3.05) is 19.3 Å². The number of nitrogens with zero attached hydrogens (tertiary/aromatic N) is 1. The van der Waals surface area contributed by atoms with Crippen LogP contribution in [-0.4, -0.2) is 41.4 Å². The molecule has 1 heterocycles. The molecule has 4 nitrogen and oxygen atoms in total. The molecule has 0 bridgehead atoms. The molecule has 1 aliphatic heterocycles. The number of ether oxygens (including phenoxy) is 1. The van der Waals surface area contributed by atoms with Gasteiger partial charge in [0.1, 0.15) is 5.75 Å². The first-order valence-corrected chi connectivity index (χ1v) is 14.1. The maximum Gasteiger partial charge on any atom is 0.172 e. The van der Waals surface area contributed by atoms with Crippen molar-refractivity contribution in [1.29, 1.82) is 0 Å². The molecule has 37 heavy (non-hydrogen) atoms. The van der Waals surface area contributed by atoms with Gasteiger partial charge in [-0.05, 0) is 75.3 Å². The highest BCUT2D eigenvalue weighted by Crippen LogP contribution is 2.39. The molecule has 5 heteroatoms. The molecule has 0 spiro atoms. The SMILES string of the molecule is CSc1ccc(C(=O)[C@@H]2CN(Cc3ccccc3)C[C@H]2c2cc(C)c(OC(C)(C)C(C)=O)c(C)c2)cc1. The molecule has 194 valence electrons. The van der Waals surface area contributed by atoms with Crippen LogP contribution in [0.1, 0.15) is 59.3 Å². The third kappa shape index (κ3) is 6.16. The summed E-state index contributed by atoms with van der Waals surface area (Å²) >= 11 is 1.68. The fourth-order valence-electron chi connectivity index (χ4n) is 5.11. The van der Waals surface area contributed by atoms with Gasteiger partial charge >= 0.3 is 0 Å². The molecule has 0 amide bonds. The number of carbonyl (C=O) groups excluding carboxylic acids is 2. The van der Waals surface area contributed by atoms with Crippen LogP contribution >= 0.6 is 11.8 Å². The Morgan fingerprint density at radius 3 is 2.16 bits per heavy atom. The zero-order chi connectivity index (χ0) is 26.7. The fourth-order valence-corrected chi connectivity index (χ4v) is 5.52. The molecule has 3 aromatic rings. The van der Waals surface area contributed by atoms with Crippen molar-refractivity contribution >= 4 is 23.3 Å². The largest absolute Gasteiger partial charge is 0.480 e. The molecule has 3 aromatic carbocycles. The van der Waals surface area contributed by atoms with Gasteiger partial charge in [-0.2, -0.15) is 0 Å². The van der Waals surface area contributed by atoms with Crippen LogP contribution in [0.4, 0.5) is 0 Å². The van der Waals surface area contributed by atoms with Gasteiger partial charge < -0.3 is 4.74 Å². The van der Waals surface area contributed by atoms with Gasteiger partial charge in [0.15, 0.2) is 17.2 Å². The van der Waals surface area contributed by atoms with E-state index < -0.39 is 5.60 Å². The predicted molar refractivity (Wildman–Crippen MR) is 152 cm³/mol. The molecular weight excluding hydrogens is 478 g/mol. The molecule has 4 rings (SSSR count). The van der Waals surface area contributed by atoms with Gasteiger partial charge in [0.25, 0.3) is 0 Å². The van der Waals surface area contributed by atoms with E-state index >= 15 is 0 Å². The number of carbonyl (C=O) groups is 2. The summed E-state index contributed by atoms with van der Waals surface area (Å²) in [4.78, 5) is 29.5. The molecule has 0 unspecified atom stereocenters. The monoisotopic (exact) mass is 515 g/mol. The van der Waals surface area contributed by atoms with E-state index in [0.717, 1.165) is 52.5 Å². The van der Waals surface area contributed by atoms with E-state index in [2.05, 4.69) is 41.3 Å². The minimum Gasteiger partial charge on any atom is -0.480 e. The molecule has 0 N–H and O–H groups in total. The van der Waals surface area contributed by atoms with Crippen LogP contribution in [0.2, 0.25) is 0 Å². The highest BCUT2D eigenvalue weighted by molar-refractivity contribution is 7.98. The van der Waals surface area contributed by atoms with Crippen molar-refractivity contribution in [3.8, 4) is 5.75 Å². The normalized spacial score (nSPS) is 18.1. The van der Waals surface area contributed by atoms with E-state index in [1.165, 1.54) is 5.56 Å². The Kier molecular flexibility index (Phi) is 8.25. The van der Waals surface area contributed by atoms with Crippen molar-refractivity contribution in [2.45, 2.75) is 57.6 Å². The molecule has 0 radical (unpaired) electrons. The van der Waals surface area contributed by atoms with E-state index in [0.29, 0.717) is 0 Å². The van der Waals surface area contributed by atoms with Crippen molar-refractivity contribution < 1.29 is 14.3 Å². The maximum atomic E-state index is 13.8. The number of benzene rings is 3. The summed E-state index contributed by atoms with van der Waals surface area (Å²) < 4.78 is 6.18. The van der Waals surface area contributed by atoms with Gasteiger partial charge in [-0.3, -0.25) is 14.5 Å². The summed E-state index contributed by atoms with van der Waals surface area (Å²) in [5.74, 6) is 0.868. The number of likely N-dealkylation sites (tertiary alicyclic amines) is 1. The third-order valence-electron chi connectivity index (χ3n) is 7.47. The Morgan fingerprint density at radius 2 is 1.59 bits per heavy atom. The van der Waals surface area contributed by atoms with Gasteiger partial charge in [0.05, 0.1) is 0 Å². The lowest BCUT2D eigenvalue weighted by atomic mass is 9.82.